The zero-order chi connectivity index (χ0) is 25.4. The van der Waals surface area contributed by atoms with E-state index in [9.17, 15) is 31.6 Å². The number of anilines is 2. The summed E-state index contributed by atoms with van der Waals surface area (Å²) in [6.45, 7) is 0. The molecule has 0 aliphatic rings. The maximum atomic E-state index is 13.0. The Bertz CT molecular complexity index is 1540. The molecule has 0 spiro atoms. The van der Waals surface area contributed by atoms with Crippen LogP contribution >= 0.6 is 7.52 Å². The first kappa shape index (κ1) is 24.5. The summed E-state index contributed by atoms with van der Waals surface area (Å²) in [6, 6.07) is 15.0. The Hall–Kier alpha value is -3.60. The minimum atomic E-state index is -4.72. The number of nitrogen functional groups attached to an aromatic ring is 1. The SMILES string of the molecule is Nc1ccc(S(=O)Oc2cccc3cc(NP(=O)(O)c4cccc(C(F)(F)F)c4)c(=O)oc23)cc1. The fourth-order valence-electron chi connectivity index (χ4n) is 3.07. The Morgan fingerprint density at radius 3 is 2.40 bits per heavy atom. The molecule has 0 amide bonds. The molecule has 3 aromatic carbocycles. The number of fused-ring (bicyclic) bond motifs is 1. The van der Waals surface area contributed by atoms with Gasteiger partial charge in [0.15, 0.2) is 11.3 Å². The Morgan fingerprint density at radius 2 is 1.71 bits per heavy atom. The van der Waals surface area contributed by atoms with Crippen LogP contribution in [0.15, 0.2) is 86.9 Å². The van der Waals surface area contributed by atoms with Gasteiger partial charge in [-0.1, -0.05) is 18.2 Å². The highest BCUT2D eigenvalue weighted by atomic mass is 32.2. The van der Waals surface area contributed by atoms with Crippen LogP contribution < -0.4 is 25.9 Å². The molecule has 182 valence electrons. The molecule has 0 aliphatic heterocycles. The lowest BCUT2D eigenvalue weighted by atomic mass is 10.2. The van der Waals surface area contributed by atoms with E-state index >= 15 is 0 Å². The summed E-state index contributed by atoms with van der Waals surface area (Å²) < 4.78 is 74.9. The predicted molar refractivity (Wildman–Crippen MR) is 125 cm³/mol. The zero-order valence-corrected chi connectivity index (χ0v) is 19.2. The molecule has 0 bridgehead atoms. The van der Waals surface area contributed by atoms with E-state index in [1.807, 2.05) is 0 Å². The van der Waals surface area contributed by atoms with E-state index < -0.39 is 47.0 Å². The summed E-state index contributed by atoms with van der Waals surface area (Å²) in [5.41, 5.74) is 3.32. The van der Waals surface area contributed by atoms with Crippen molar-refractivity contribution in [3.63, 3.8) is 0 Å². The highest BCUT2D eigenvalue weighted by Crippen LogP contribution is 2.41. The molecule has 1 heterocycles. The molecule has 0 aliphatic carbocycles. The molecular formula is C22H16F3N2O6PS. The Labute approximate surface area is 198 Å². The lowest BCUT2D eigenvalue weighted by Crippen LogP contribution is -2.17. The molecule has 1 aromatic heterocycles. The third-order valence-corrected chi connectivity index (χ3v) is 7.27. The second-order valence-electron chi connectivity index (χ2n) is 7.25. The fraction of sp³-hybridized carbons (Fsp3) is 0.0455. The average Bonchev–Trinajstić information content (AvgIpc) is 2.80. The molecule has 35 heavy (non-hydrogen) atoms. The van der Waals surface area contributed by atoms with Gasteiger partial charge in [0.1, 0.15) is 5.69 Å². The van der Waals surface area contributed by atoms with Crippen LogP contribution in [-0.2, 0) is 21.8 Å². The molecule has 4 rings (SSSR count). The van der Waals surface area contributed by atoms with Gasteiger partial charge in [-0.05, 0) is 54.6 Å². The first-order chi connectivity index (χ1) is 16.4. The second-order valence-corrected chi connectivity index (χ2v) is 10.2. The molecule has 2 unspecified atom stereocenters. The molecule has 13 heteroatoms. The van der Waals surface area contributed by atoms with Gasteiger partial charge in [0, 0.05) is 11.1 Å². The number of halogens is 3. The Balaban J connectivity index is 1.65. The molecular weight excluding hydrogens is 508 g/mol. The number of benzene rings is 3. The summed E-state index contributed by atoms with van der Waals surface area (Å²) >= 11 is -1.97. The van der Waals surface area contributed by atoms with Crippen molar-refractivity contribution in [3.8, 4) is 5.75 Å². The molecule has 4 N–H and O–H groups in total. The van der Waals surface area contributed by atoms with Crippen LogP contribution in [0.2, 0.25) is 0 Å². The first-order valence-corrected chi connectivity index (χ1v) is 12.5. The highest BCUT2D eigenvalue weighted by Gasteiger charge is 2.33. The number of para-hydroxylation sites is 1. The second kappa shape index (κ2) is 9.21. The van der Waals surface area contributed by atoms with Gasteiger partial charge in [0.2, 0.25) is 11.1 Å². The van der Waals surface area contributed by atoms with E-state index in [1.54, 1.807) is 0 Å². The van der Waals surface area contributed by atoms with Crippen LogP contribution in [0.4, 0.5) is 24.5 Å². The highest BCUT2D eigenvalue weighted by molar-refractivity contribution is 7.80. The topological polar surface area (TPSA) is 132 Å². The standard InChI is InChI=1S/C22H16F3N2O6PS/c23-22(24,25)14-4-2-5-16(12-14)34(29,30)27-18-11-13-3-1-6-19(20(13)32-21(18)28)33-35(31)17-9-7-15(26)8-10-17/h1-12H,26H2,(H2,27,29,30). The summed E-state index contributed by atoms with van der Waals surface area (Å²) in [4.78, 5) is 23.2. The maximum absolute atomic E-state index is 13.0. The predicted octanol–water partition coefficient (Wildman–Crippen LogP) is 4.42. The van der Waals surface area contributed by atoms with Crippen LogP contribution in [0.3, 0.4) is 0 Å². The van der Waals surface area contributed by atoms with E-state index in [1.165, 1.54) is 48.5 Å². The lowest BCUT2D eigenvalue weighted by Gasteiger charge is -2.16. The van der Waals surface area contributed by atoms with Crippen LogP contribution in [0.1, 0.15) is 5.56 Å². The molecule has 0 saturated carbocycles. The molecule has 0 fully saturated rings. The largest absolute Gasteiger partial charge is 0.417 e. The number of rotatable bonds is 6. The van der Waals surface area contributed by atoms with Gasteiger partial charge in [0.25, 0.3) is 0 Å². The van der Waals surface area contributed by atoms with E-state index in [4.69, 9.17) is 14.3 Å². The summed E-state index contributed by atoms with van der Waals surface area (Å²) in [6.07, 6.45) is -4.72. The monoisotopic (exact) mass is 524 g/mol. The van der Waals surface area contributed by atoms with Crippen LogP contribution in [0.5, 0.6) is 5.75 Å². The van der Waals surface area contributed by atoms with Crippen molar-refractivity contribution >= 4 is 46.2 Å². The van der Waals surface area contributed by atoms with Gasteiger partial charge in [-0.3, -0.25) is 4.57 Å². The summed E-state index contributed by atoms with van der Waals surface area (Å²) in [5.74, 6) is -0.0358. The van der Waals surface area contributed by atoms with Crippen molar-refractivity contribution in [2.24, 2.45) is 0 Å². The van der Waals surface area contributed by atoms with Crippen LogP contribution in [0.25, 0.3) is 11.0 Å². The van der Waals surface area contributed by atoms with Crippen molar-refractivity contribution in [3.05, 3.63) is 88.8 Å². The number of alkyl halides is 3. The number of hydrogen-bond donors (Lipinski definition) is 3. The van der Waals surface area contributed by atoms with Crippen LogP contribution in [0, 0.1) is 0 Å². The normalized spacial score (nSPS) is 14.3. The smallest absolute Gasteiger partial charge is 0.416 e. The molecule has 8 nitrogen and oxygen atoms in total. The van der Waals surface area contributed by atoms with E-state index in [0.29, 0.717) is 16.6 Å². The molecule has 0 saturated heterocycles. The minimum absolute atomic E-state index is 0.0358. The van der Waals surface area contributed by atoms with E-state index in [2.05, 4.69) is 5.09 Å². The number of nitrogens with two attached hydrogens (primary N) is 1. The third kappa shape index (κ3) is 5.40. The van der Waals surface area contributed by atoms with Gasteiger partial charge >= 0.3 is 19.3 Å². The van der Waals surface area contributed by atoms with Crippen molar-refractivity contribution < 1.29 is 35.4 Å². The van der Waals surface area contributed by atoms with E-state index in [-0.39, 0.29) is 16.7 Å². The average molecular weight is 524 g/mol. The summed E-state index contributed by atoms with van der Waals surface area (Å²) in [7, 11) is -4.65. The van der Waals surface area contributed by atoms with Crippen LogP contribution in [-0.4, -0.2) is 9.10 Å². The molecule has 4 aromatic rings. The van der Waals surface area contributed by atoms with Gasteiger partial charge in [-0.15, -0.1) is 0 Å². The first-order valence-electron chi connectivity index (χ1n) is 9.75. The van der Waals surface area contributed by atoms with Gasteiger partial charge in [-0.2, -0.15) is 13.2 Å². The van der Waals surface area contributed by atoms with Gasteiger partial charge in [-0.25, -0.2) is 9.00 Å². The van der Waals surface area contributed by atoms with Crippen molar-refractivity contribution in [1.29, 1.82) is 0 Å². The zero-order valence-electron chi connectivity index (χ0n) is 17.5. The van der Waals surface area contributed by atoms with Crippen molar-refractivity contribution in [1.82, 2.24) is 0 Å². The van der Waals surface area contributed by atoms with Crippen molar-refractivity contribution in [2.75, 3.05) is 10.8 Å². The summed E-state index contributed by atoms with van der Waals surface area (Å²) in [5, 5.41) is 1.78. The third-order valence-electron chi connectivity index (χ3n) is 4.76. The minimum Gasteiger partial charge on any atom is -0.417 e. The van der Waals surface area contributed by atoms with E-state index in [0.717, 1.165) is 18.2 Å². The molecule has 2 atom stereocenters. The quantitative estimate of drug-likeness (QED) is 0.192. The Kier molecular flexibility index (Phi) is 6.46. The van der Waals surface area contributed by atoms with Crippen molar-refractivity contribution in [2.45, 2.75) is 11.1 Å². The fourth-order valence-corrected chi connectivity index (χ4v) is 5.03. The lowest BCUT2D eigenvalue weighted by molar-refractivity contribution is -0.137. The van der Waals surface area contributed by atoms with Gasteiger partial charge in [0.05, 0.1) is 15.8 Å². The number of nitrogens with one attached hydrogen (secondary N) is 1. The molecule has 0 radical (unpaired) electrons. The van der Waals surface area contributed by atoms with Gasteiger partial charge < -0.3 is 24.3 Å². The number of hydrogen-bond acceptors (Lipinski definition) is 6. The maximum Gasteiger partial charge on any atom is 0.416 e. The Morgan fingerprint density at radius 1 is 1.03 bits per heavy atom.